The Bertz CT molecular complexity index is 502. The van der Waals surface area contributed by atoms with Crippen LogP contribution in [0.5, 0.6) is 0 Å². The highest BCUT2D eigenvalue weighted by molar-refractivity contribution is 6.31. The number of rotatable bonds is 4. The predicted molar refractivity (Wildman–Crippen MR) is 84.7 cm³/mol. The Morgan fingerprint density at radius 1 is 1.52 bits per heavy atom. The van der Waals surface area contributed by atoms with Crippen LogP contribution in [0.4, 0.5) is 0 Å². The van der Waals surface area contributed by atoms with E-state index in [1.807, 2.05) is 18.4 Å². The summed E-state index contributed by atoms with van der Waals surface area (Å²) < 4.78 is 1.85. The zero-order chi connectivity index (χ0) is 15.6. The normalized spacial score (nSPS) is 26.1. The van der Waals surface area contributed by atoms with Crippen molar-refractivity contribution >= 4 is 17.5 Å². The van der Waals surface area contributed by atoms with Gasteiger partial charge in [0.1, 0.15) is 5.69 Å². The third-order valence-corrected chi connectivity index (χ3v) is 4.59. The minimum absolute atomic E-state index is 0.164. The van der Waals surface area contributed by atoms with Crippen LogP contribution in [0.3, 0.4) is 0 Å². The number of carbonyl (C=O) groups is 1. The molecule has 1 aromatic rings. The average Bonchev–Trinajstić information content (AvgIpc) is 2.82. The summed E-state index contributed by atoms with van der Waals surface area (Å²) in [7, 11) is 0. The van der Waals surface area contributed by atoms with Gasteiger partial charge in [0.15, 0.2) is 0 Å². The maximum atomic E-state index is 12.3. The second-order valence-corrected chi connectivity index (χ2v) is 7.07. The molecule has 0 aliphatic heterocycles. The van der Waals surface area contributed by atoms with Crippen LogP contribution in [0.1, 0.15) is 63.0 Å². The standard InChI is InChI=1S/C16H25ClN2O2/c1-11(2)19-9-13(17)8-14(19)15(20)18-10-16(21)6-4-12(3)5-7-16/h8-9,11-12,21H,4-7,10H2,1-3H3,(H,18,20). The van der Waals surface area contributed by atoms with Crippen molar-refractivity contribution < 1.29 is 9.90 Å². The van der Waals surface area contributed by atoms with Crippen LogP contribution in [0, 0.1) is 5.92 Å². The molecular formula is C16H25ClN2O2. The lowest BCUT2D eigenvalue weighted by atomic mass is 9.79. The van der Waals surface area contributed by atoms with Gasteiger partial charge in [0.05, 0.1) is 10.6 Å². The number of halogens is 1. The van der Waals surface area contributed by atoms with Crippen LogP contribution in [-0.4, -0.2) is 27.7 Å². The predicted octanol–water partition coefficient (Wildman–Crippen LogP) is 3.39. The number of nitrogens with zero attached hydrogens (tertiary/aromatic N) is 1. The maximum Gasteiger partial charge on any atom is 0.268 e. The van der Waals surface area contributed by atoms with E-state index in [4.69, 9.17) is 11.6 Å². The van der Waals surface area contributed by atoms with Crippen molar-refractivity contribution in [2.24, 2.45) is 5.92 Å². The smallest absolute Gasteiger partial charge is 0.268 e. The van der Waals surface area contributed by atoms with Crippen molar-refractivity contribution in [3.8, 4) is 0 Å². The van der Waals surface area contributed by atoms with Crippen LogP contribution < -0.4 is 5.32 Å². The lowest BCUT2D eigenvalue weighted by Crippen LogP contribution is -2.45. The molecule has 0 radical (unpaired) electrons. The largest absolute Gasteiger partial charge is 0.388 e. The molecule has 4 nitrogen and oxygen atoms in total. The molecule has 0 saturated heterocycles. The molecule has 0 aromatic carbocycles. The van der Waals surface area contributed by atoms with E-state index in [1.165, 1.54) is 0 Å². The van der Waals surface area contributed by atoms with Crippen LogP contribution in [0.15, 0.2) is 12.3 Å². The molecule has 1 amide bonds. The van der Waals surface area contributed by atoms with Crippen LogP contribution in [0.25, 0.3) is 0 Å². The Kier molecular flexibility index (Phi) is 4.99. The van der Waals surface area contributed by atoms with Crippen LogP contribution in [0.2, 0.25) is 5.02 Å². The van der Waals surface area contributed by atoms with Gasteiger partial charge in [0, 0.05) is 18.8 Å². The van der Waals surface area contributed by atoms with Crippen LogP contribution in [-0.2, 0) is 0 Å². The molecule has 0 bridgehead atoms. The van der Waals surface area contributed by atoms with Crippen molar-refractivity contribution in [1.29, 1.82) is 0 Å². The van der Waals surface area contributed by atoms with Gasteiger partial charge >= 0.3 is 0 Å². The highest BCUT2D eigenvalue weighted by Gasteiger charge is 2.32. The fourth-order valence-electron chi connectivity index (χ4n) is 2.87. The monoisotopic (exact) mass is 312 g/mol. The molecule has 5 heteroatoms. The molecule has 21 heavy (non-hydrogen) atoms. The Morgan fingerprint density at radius 3 is 2.71 bits per heavy atom. The molecule has 1 aromatic heterocycles. The topological polar surface area (TPSA) is 54.3 Å². The first kappa shape index (κ1) is 16.4. The summed E-state index contributed by atoms with van der Waals surface area (Å²) >= 11 is 6.00. The summed E-state index contributed by atoms with van der Waals surface area (Å²) in [5.41, 5.74) is -0.218. The number of nitrogens with one attached hydrogen (secondary N) is 1. The Hall–Kier alpha value is -1.00. The van der Waals surface area contributed by atoms with Gasteiger partial charge in [-0.05, 0) is 51.5 Å². The van der Waals surface area contributed by atoms with Gasteiger partial charge < -0.3 is 15.0 Å². The van der Waals surface area contributed by atoms with E-state index in [0.29, 0.717) is 23.2 Å². The first-order valence-corrected chi connectivity index (χ1v) is 8.06. The van der Waals surface area contributed by atoms with E-state index < -0.39 is 5.60 Å². The minimum atomic E-state index is -0.763. The number of amides is 1. The molecule has 1 heterocycles. The average molecular weight is 313 g/mol. The Balaban J connectivity index is 1.99. The third kappa shape index (κ3) is 4.01. The van der Waals surface area contributed by atoms with E-state index in [0.717, 1.165) is 25.7 Å². The van der Waals surface area contributed by atoms with Gasteiger partial charge in [-0.15, -0.1) is 0 Å². The van der Waals surface area contributed by atoms with Gasteiger partial charge in [0.2, 0.25) is 0 Å². The van der Waals surface area contributed by atoms with Gasteiger partial charge in [-0.1, -0.05) is 18.5 Å². The minimum Gasteiger partial charge on any atom is -0.388 e. The van der Waals surface area contributed by atoms with Crippen molar-refractivity contribution in [2.45, 2.75) is 58.1 Å². The fraction of sp³-hybridized carbons (Fsp3) is 0.688. The molecule has 2 N–H and O–H groups in total. The maximum absolute atomic E-state index is 12.3. The molecule has 1 aliphatic carbocycles. The van der Waals surface area contributed by atoms with Crippen LogP contribution >= 0.6 is 11.6 Å². The molecule has 0 unspecified atom stereocenters. The summed E-state index contributed by atoms with van der Waals surface area (Å²) in [5.74, 6) is 0.487. The summed E-state index contributed by atoms with van der Waals surface area (Å²) in [4.78, 5) is 12.3. The third-order valence-electron chi connectivity index (χ3n) is 4.39. The second kappa shape index (κ2) is 6.41. The molecule has 1 fully saturated rings. The first-order valence-electron chi connectivity index (χ1n) is 7.69. The summed E-state index contributed by atoms with van der Waals surface area (Å²) in [6.45, 7) is 6.52. The van der Waals surface area contributed by atoms with E-state index in [1.54, 1.807) is 12.3 Å². The van der Waals surface area contributed by atoms with Crippen molar-refractivity contribution in [3.05, 3.63) is 23.0 Å². The van der Waals surface area contributed by atoms with Crippen molar-refractivity contribution in [2.75, 3.05) is 6.54 Å². The number of carbonyl (C=O) groups excluding carboxylic acids is 1. The van der Waals surface area contributed by atoms with Gasteiger partial charge in [-0.2, -0.15) is 0 Å². The molecular weight excluding hydrogens is 288 g/mol. The van der Waals surface area contributed by atoms with Crippen molar-refractivity contribution in [1.82, 2.24) is 9.88 Å². The Labute approximate surface area is 131 Å². The molecule has 1 aliphatic rings. The molecule has 118 valence electrons. The summed E-state index contributed by atoms with van der Waals surface area (Å²) in [6.07, 6.45) is 5.29. The number of aromatic nitrogens is 1. The Morgan fingerprint density at radius 2 is 2.14 bits per heavy atom. The molecule has 1 saturated carbocycles. The zero-order valence-corrected chi connectivity index (χ0v) is 13.8. The number of hydrogen-bond donors (Lipinski definition) is 2. The highest BCUT2D eigenvalue weighted by atomic mass is 35.5. The summed E-state index contributed by atoms with van der Waals surface area (Å²) in [5, 5.41) is 13.9. The summed E-state index contributed by atoms with van der Waals surface area (Å²) in [6, 6.07) is 1.83. The van der Waals surface area contributed by atoms with Crippen molar-refractivity contribution in [3.63, 3.8) is 0 Å². The number of aliphatic hydroxyl groups is 1. The highest BCUT2D eigenvalue weighted by Crippen LogP contribution is 2.31. The van der Waals surface area contributed by atoms with Gasteiger partial charge in [0.25, 0.3) is 5.91 Å². The molecule has 0 spiro atoms. The van der Waals surface area contributed by atoms with E-state index >= 15 is 0 Å². The van der Waals surface area contributed by atoms with E-state index in [-0.39, 0.29) is 11.9 Å². The van der Waals surface area contributed by atoms with E-state index in [2.05, 4.69) is 12.2 Å². The second-order valence-electron chi connectivity index (χ2n) is 6.63. The van der Waals surface area contributed by atoms with Gasteiger partial charge in [-0.25, -0.2) is 0 Å². The SMILES string of the molecule is CC1CCC(O)(CNC(=O)c2cc(Cl)cn2C(C)C)CC1. The molecule has 2 rings (SSSR count). The fourth-order valence-corrected chi connectivity index (χ4v) is 3.07. The molecule has 0 atom stereocenters. The first-order chi connectivity index (χ1) is 9.81. The quantitative estimate of drug-likeness (QED) is 0.895. The lowest BCUT2D eigenvalue weighted by molar-refractivity contribution is -0.00547. The number of hydrogen-bond acceptors (Lipinski definition) is 2. The lowest BCUT2D eigenvalue weighted by Gasteiger charge is -2.35. The van der Waals surface area contributed by atoms with E-state index in [9.17, 15) is 9.90 Å². The van der Waals surface area contributed by atoms with Gasteiger partial charge in [-0.3, -0.25) is 4.79 Å². The zero-order valence-electron chi connectivity index (χ0n) is 13.0.